The van der Waals surface area contributed by atoms with Gasteiger partial charge in [0.25, 0.3) is 0 Å². The minimum Gasteiger partial charge on any atom is -0.490 e. The minimum absolute atomic E-state index is 0.115. The number of benzene rings is 2. The Morgan fingerprint density at radius 1 is 0.732 bits per heavy atom. The van der Waals surface area contributed by atoms with E-state index < -0.39 is 17.8 Å². The molecule has 0 bridgehead atoms. The predicted molar refractivity (Wildman–Crippen MR) is 162 cm³/mol. The van der Waals surface area contributed by atoms with Crippen molar-refractivity contribution in [1.82, 2.24) is 0 Å². The number of para-hydroxylation sites is 2. The van der Waals surface area contributed by atoms with Crippen molar-refractivity contribution >= 4 is 11.9 Å². The van der Waals surface area contributed by atoms with E-state index in [0.29, 0.717) is 18.6 Å². The lowest BCUT2D eigenvalue weighted by Gasteiger charge is -2.28. The van der Waals surface area contributed by atoms with E-state index in [-0.39, 0.29) is 32.4 Å². The van der Waals surface area contributed by atoms with Crippen molar-refractivity contribution in [3.8, 4) is 11.5 Å². The summed E-state index contributed by atoms with van der Waals surface area (Å²) in [7, 11) is 0. The number of carbonyl (C=O) groups excluding carboxylic acids is 2. The first-order valence-electron chi connectivity index (χ1n) is 14.6. The van der Waals surface area contributed by atoms with Gasteiger partial charge in [-0.2, -0.15) is 0 Å². The van der Waals surface area contributed by atoms with Crippen LogP contribution in [-0.2, 0) is 19.1 Å². The van der Waals surface area contributed by atoms with Crippen LogP contribution in [0.1, 0.15) is 59.3 Å². The van der Waals surface area contributed by atoms with E-state index in [4.69, 9.17) is 18.9 Å². The Bertz CT molecular complexity index is 1160. The zero-order valence-electron chi connectivity index (χ0n) is 24.7. The lowest BCUT2D eigenvalue weighted by molar-refractivity contribution is -0.161. The third-order valence-electron chi connectivity index (χ3n) is 6.96. The molecule has 0 radical (unpaired) electrons. The molecule has 1 aliphatic rings. The molecule has 2 aromatic carbocycles. The monoisotopic (exact) mass is 560 g/mol. The molecule has 3 rings (SSSR count). The van der Waals surface area contributed by atoms with Gasteiger partial charge >= 0.3 is 11.9 Å². The topological polar surface area (TPSA) is 71.1 Å². The first-order valence-corrected chi connectivity index (χ1v) is 14.6. The van der Waals surface area contributed by atoms with Gasteiger partial charge in [0, 0.05) is 0 Å². The van der Waals surface area contributed by atoms with Gasteiger partial charge < -0.3 is 18.9 Å². The summed E-state index contributed by atoms with van der Waals surface area (Å²) in [5.41, 5.74) is 3.89. The van der Waals surface area contributed by atoms with E-state index >= 15 is 0 Å². The number of allylic oxidation sites excluding steroid dienone is 6. The van der Waals surface area contributed by atoms with Crippen LogP contribution in [0.2, 0.25) is 0 Å². The van der Waals surface area contributed by atoms with Crippen molar-refractivity contribution in [1.29, 1.82) is 0 Å². The molecule has 0 heterocycles. The molecule has 6 heteroatoms. The Morgan fingerprint density at radius 2 is 1.29 bits per heavy atom. The van der Waals surface area contributed by atoms with Crippen LogP contribution in [0.4, 0.5) is 0 Å². The molecule has 0 aliphatic heterocycles. The smallest absolute Gasteiger partial charge is 0.310 e. The highest BCUT2D eigenvalue weighted by molar-refractivity contribution is 5.83. The first-order chi connectivity index (χ1) is 19.9. The Kier molecular flexibility index (Phi) is 13.8. The Balaban J connectivity index is 1.53. The van der Waals surface area contributed by atoms with Gasteiger partial charge in [-0.3, -0.25) is 9.59 Å². The molecule has 2 aromatic rings. The van der Waals surface area contributed by atoms with E-state index in [1.165, 1.54) is 16.7 Å². The van der Waals surface area contributed by atoms with Gasteiger partial charge in [-0.1, -0.05) is 71.3 Å². The lowest BCUT2D eigenvalue weighted by Crippen LogP contribution is -2.35. The number of hydrogen-bond acceptors (Lipinski definition) is 6. The molecule has 2 atom stereocenters. The zero-order chi connectivity index (χ0) is 29.3. The highest BCUT2D eigenvalue weighted by Gasteiger charge is 2.38. The van der Waals surface area contributed by atoms with E-state index in [0.717, 1.165) is 31.4 Å². The van der Waals surface area contributed by atoms with Crippen molar-refractivity contribution in [3.05, 3.63) is 95.6 Å². The van der Waals surface area contributed by atoms with E-state index in [2.05, 4.69) is 39.0 Å². The van der Waals surface area contributed by atoms with Gasteiger partial charge in [0.15, 0.2) is 0 Å². The molecule has 0 spiro atoms. The van der Waals surface area contributed by atoms with Crippen LogP contribution in [0.15, 0.2) is 95.6 Å². The second-order valence-electron chi connectivity index (χ2n) is 10.6. The van der Waals surface area contributed by atoms with Gasteiger partial charge in [-0.25, -0.2) is 0 Å². The summed E-state index contributed by atoms with van der Waals surface area (Å²) in [5, 5.41) is 0. The van der Waals surface area contributed by atoms with Crippen LogP contribution in [0.5, 0.6) is 11.5 Å². The molecular weight excluding hydrogens is 516 g/mol. The maximum absolute atomic E-state index is 13.2. The molecular formula is C35H44O6. The molecule has 0 saturated carbocycles. The molecule has 0 N–H and O–H groups in total. The van der Waals surface area contributed by atoms with Crippen molar-refractivity contribution in [2.45, 2.75) is 59.3 Å². The van der Waals surface area contributed by atoms with Gasteiger partial charge in [0.1, 0.15) is 37.9 Å². The van der Waals surface area contributed by atoms with Crippen molar-refractivity contribution < 1.29 is 28.5 Å². The lowest BCUT2D eigenvalue weighted by atomic mass is 9.78. The fraction of sp³-hybridized carbons (Fsp3) is 0.429. The zero-order valence-corrected chi connectivity index (χ0v) is 24.7. The molecule has 0 fully saturated rings. The third kappa shape index (κ3) is 12.1. The summed E-state index contributed by atoms with van der Waals surface area (Å²) in [6.07, 6.45) is 11.4. The van der Waals surface area contributed by atoms with E-state index in [1.54, 1.807) is 0 Å². The average molecular weight is 561 g/mol. The van der Waals surface area contributed by atoms with Crippen LogP contribution < -0.4 is 9.47 Å². The normalized spacial score (nSPS) is 16.8. The molecule has 1 aliphatic carbocycles. The van der Waals surface area contributed by atoms with Crippen LogP contribution >= 0.6 is 0 Å². The molecule has 41 heavy (non-hydrogen) atoms. The number of esters is 2. The maximum atomic E-state index is 13.2. The second kappa shape index (κ2) is 17.8. The number of carbonyl (C=O) groups is 2. The molecule has 0 saturated heterocycles. The van der Waals surface area contributed by atoms with Gasteiger partial charge in [-0.15, -0.1) is 0 Å². The minimum atomic E-state index is -0.586. The third-order valence-corrected chi connectivity index (χ3v) is 6.96. The highest BCUT2D eigenvalue weighted by atomic mass is 16.6. The molecule has 220 valence electrons. The highest BCUT2D eigenvalue weighted by Crippen LogP contribution is 2.34. The van der Waals surface area contributed by atoms with E-state index in [1.807, 2.05) is 60.7 Å². The van der Waals surface area contributed by atoms with Crippen molar-refractivity contribution in [3.63, 3.8) is 0 Å². The van der Waals surface area contributed by atoms with E-state index in [9.17, 15) is 9.59 Å². The van der Waals surface area contributed by atoms with Crippen LogP contribution in [-0.4, -0.2) is 38.4 Å². The second-order valence-corrected chi connectivity index (χ2v) is 10.6. The summed E-state index contributed by atoms with van der Waals surface area (Å²) in [4.78, 5) is 26.2. The fourth-order valence-electron chi connectivity index (χ4n) is 4.72. The summed E-state index contributed by atoms with van der Waals surface area (Å²) in [6, 6.07) is 18.8. The summed E-state index contributed by atoms with van der Waals surface area (Å²) in [5.74, 6) is -0.516. The summed E-state index contributed by atoms with van der Waals surface area (Å²) >= 11 is 0. The quantitative estimate of drug-likeness (QED) is 0.119. The van der Waals surface area contributed by atoms with Gasteiger partial charge in [0.05, 0.1) is 11.8 Å². The predicted octanol–water partition coefficient (Wildman–Crippen LogP) is 7.66. The molecule has 0 amide bonds. The average Bonchev–Trinajstić information content (AvgIpc) is 2.98. The molecule has 0 aromatic heterocycles. The largest absolute Gasteiger partial charge is 0.490 e. The fourth-order valence-corrected chi connectivity index (χ4v) is 4.72. The number of ether oxygens (including phenoxy) is 4. The van der Waals surface area contributed by atoms with Crippen molar-refractivity contribution in [2.24, 2.45) is 11.8 Å². The Hall–Kier alpha value is -3.80. The Morgan fingerprint density at radius 3 is 1.85 bits per heavy atom. The van der Waals surface area contributed by atoms with Crippen molar-refractivity contribution in [2.75, 3.05) is 26.4 Å². The van der Waals surface area contributed by atoms with Crippen LogP contribution in [0.25, 0.3) is 0 Å². The Labute approximate surface area is 245 Å². The summed E-state index contributed by atoms with van der Waals surface area (Å²) < 4.78 is 22.4. The van der Waals surface area contributed by atoms with Crippen LogP contribution in [0, 0.1) is 11.8 Å². The SMILES string of the molecule is CC(C)=CCC/C(C)=C/CCC1=CCC(C(=O)OCCOc2ccccc2)C(C(=O)OCCOc2ccccc2)C1. The molecule has 2 unspecified atom stereocenters. The number of hydrogen-bond donors (Lipinski definition) is 0. The maximum Gasteiger partial charge on any atom is 0.310 e. The first kappa shape index (κ1) is 31.7. The van der Waals surface area contributed by atoms with Crippen LogP contribution in [0.3, 0.4) is 0 Å². The van der Waals surface area contributed by atoms with Gasteiger partial charge in [0.2, 0.25) is 0 Å². The summed E-state index contributed by atoms with van der Waals surface area (Å²) in [6.45, 7) is 7.12. The molecule has 6 nitrogen and oxygen atoms in total. The van der Waals surface area contributed by atoms with Gasteiger partial charge in [-0.05, 0) is 83.6 Å². The number of rotatable bonds is 16. The standard InChI is InChI=1S/C35H44O6/c1-27(2)12-10-13-28(3)14-11-15-29-20-21-32(34(36)40-24-22-38-30-16-6-4-7-17-30)33(26-29)35(37)41-25-23-39-31-18-8-5-9-19-31/h4-9,12,14,16-20,32-33H,10-11,13,15,21-26H2,1-3H3/b28-14+.